The van der Waals surface area contributed by atoms with Crippen LogP contribution in [0, 0.1) is 5.92 Å². The highest BCUT2D eigenvalue weighted by atomic mass is 16.5. The van der Waals surface area contributed by atoms with Crippen LogP contribution in [0.4, 0.5) is 5.69 Å². The van der Waals surface area contributed by atoms with Gasteiger partial charge in [-0.1, -0.05) is 6.07 Å². The molecule has 4 N–H and O–H groups in total. The molecule has 0 bridgehead atoms. The number of anilines is 1. The van der Waals surface area contributed by atoms with Crippen LogP contribution in [0.15, 0.2) is 18.2 Å². The minimum Gasteiger partial charge on any atom is -0.496 e. The summed E-state index contributed by atoms with van der Waals surface area (Å²) in [6, 6.07) is 6.12. The molecule has 1 amide bonds. The van der Waals surface area contributed by atoms with Crippen LogP contribution in [0.1, 0.15) is 25.3 Å². The smallest absolute Gasteiger partial charge is 0.221 e. The Hall–Kier alpha value is -1.75. The number of amides is 1. The minimum absolute atomic E-state index is 0.0500. The van der Waals surface area contributed by atoms with Gasteiger partial charge in [0.15, 0.2) is 0 Å². The number of benzene rings is 1. The van der Waals surface area contributed by atoms with Crippen LogP contribution in [0.25, 0.3) is 0 Å². The third kappa shape index (κ3) is 3.22. The molecular formula is C15H23N3O2. The van der Waals surface area contributed by atoms with Gasteiger partial charge < -0.3 is 16.2 Å². The number of primary amides is 1. The van der Waals surface area contributed by atoms with E-state index in [0.29, 0.717) is 18.3 Å². The van der Waals surface area contributed by atoms with Crippen LogP contribution in [-0.2, 0) is 11.3 Å². The van der Waals surface area contributed by atoms with Gasteiger partial charge in [-0.15, -0.1) is 0 Å². The predicted molar refractivity (Wildman–Crippen MR) is 79.2 cm³/mol. The summed E-state index contributed by atoms with van der Waals surface area (Å²) in [5, 5.41) is 0. The molecule has 1 heterocycles. The number of nitrogens with two attached hydrogens (primary N) is 2. The van der Waals surface area contributed by atoms with Crippen LogP contribution in [0.5, 0.6) is 5.75 Å². The van der Waals surface area contributed by atoms with E-state index in [-0.39, 0.29) is 11.8 Å². The maximum Gasteiger partial charge on any atom is 0.221 e. The highest BCUT2D eigenvalue weighted by molar-refractivity contribution is 5.77. The lowest BCUT2D eigenvalue weighted by Gasteiger charge is -2.37. The van der Waals surface area contributed by atoms with Gasteiger partial charge in [-0.3, -0.25) is 9.69 Å². The highest BCUT2D eigenvalue weighted by Gasteiger charge is 2.28. The molecule has 0 radical (unpaired) electrons. The van der Waals surface area contributed by atoms with Crippen molar-refractivity contribution in [2.24, 2.45) is 11.7 Å². The number of hydrogen-bond acceptors (Lipinski definition) is 4. The summed E-state index contributed by atoms with van der Waals surface area (Å²) in [5.41, 5.74) is 13.0. The summed E-state index contributed by atoms with van der Waals surface area (Å²) in [6.07, 6.45) is 1.87. The lowest BCUT2D eigenvalue weighted by Crippen LogP contribution is -2.45. The average Bonchev–Trinajstić information content (AvgIpc) is 2.42. The van der Waals surface area contributed by atoms with Crippen molar-refractivity contribution >= 4 is 11.6 Å². The zero-order valence-electron chi connectivity index (χ0n) is 12.1. The SMILES string of the molecule is COc1cc(N)ccc1CN1CC(C(N)=O)CCC1C. The monoisotopic (exact) mass is 277 g/mol. The third-order valence-electron chi connectivity index (χ3n) is 4.10. The van der Waals surface area contributed by atoms with Crippen molar-refractivity contribution in [3.05, 3.63) is 23.8 Å². The first-order valence-electron chi connectivity index (χ1n) is 6.97. The number of ether oxygens (including phenoxy) is 1. The number of nitrogens with zero attached hydrogens (tertiary/aromatic N) is 1. The number of likely N-dealkylation sites (tertiary alicyclic amines) is 1. The molecule has 110 valence electrons. The van der Waals surface area contributed by atoms with E-state index < -0.39 is 0 Å². The Labute approximate surface area is 119 Å². The number of methoxy groups -OCH3 is 1. The van der Waals surface area contributed by atoms with E-state index in [2.05, 4.69) is 11.8 Å². The molecule has 2 unspecified atom stereocenters. The fourth-order valence-electron chi connectivity index (χ4n) is 2.74. The van der Waals surface area contributed by atoms with Gasteiger partial charge >= 0.3 is 0 Å². The normalized spacial score (nSPS) is 23.5. The first-order valence-corrected chi connectivity index (χ1v) is 6.97. The Kier molecular flexibility index (Phi) is 4.49. The Morgan fingerprint density at radius 3 is 2.85 bits per heavy atom. The van der Waals surface area contributed by atoms with Crippen LogP contribution in [0.2, 0.25) is 0 Å². The lowest BCUT2D eigenvalue weighted by atomic mass is 9.92. The third-order valence-corrected chi connectivity index (χ3v) is 4.10. The molecule has 2 atom stereocenters. The van der Waals surface area contributed by atoms with E-state index in [1.54, 1.807) is 7.11 Å². The Morgan fingerprint density at radius 1 is 1.45 bits per heavy atom. The van der Waals surface area contributed by atoms with Gasteiger partial charge in [0.1, 0.15) is 5.75 Å². The maximum atomic E-state index is 11.4. The summed E-state index contributed by atoms with van der Waals surface area (Å²) >= 11 is 0. The maximum absolute atomic E-state index is 11.4. The van der Waals surface area contributed by atoms with Crippen molar-refractivity contribution < 1.29 is 9.53 Å². The van der Waals surface area contributed by atoms with E-state index in [4.69, 9.17) is 16.2 Å². The molecule has 1 aliphatic rings. The van der Waals surface area contributed by atoms with E-state index in [0.717, 1.165) is 30.7 Å². The molecule has 1 saturated heterocycles. The first-order chi connectivity index (χ1) is 9.51. The van der Waals surface area contributed by atoms with E-state index in [9.17, 15) is 4.79 Å². The molecule has 1 aromatic carbocycles. The standard InChI is InChI=1S/C15H23N3O2/c1-10-3-4-12(15(17)19)9-18(10)8-11-5-6-13(16)7-14(11)20-2/h5-7,10,12H,3-4,8-9,16H2,1-2H3,(H2,17,19). The lowest BCUT2D eigenvalue weighted by molar-refractivity contribution is -0.124. The Balaban J connectivity index is 2.13. The van der Waals surface area contributed by atoms with Crippen molar-refractivity contribution in [1.29, 1.82) is 0 Å². The molecule has 2 rings (SSSR count). The van der Waals surface area contributed by atoms with Gasteiger partial charge in [-0.25, -0.2) is 0 Å². The van der Waals surface area contributed by atoms with Crippen LogP contribution in [0.3, 0.4) is 0 Å². The molecular weight excluding hydrogens is 254 g/mol. The molecule has 1 fully saturated rings. The summed E-state index contributed by atoms with van der Waals surface area (Å²) < 4.78 is 5.38. The van der Waals surface area contributed by atoms with Gasteiger partial charge in [-0.05, 0) is 25.8 Å². The fraction of sp³-hybridized carbons (Fsp3) is 0.533. The second-order valence-corrected chi connectivity index (χ2v) is 5.53. The molecule has 5 nitrogen and oxygen atoms in total. The van der Waals surface area contributed by atoms with Crippen LogP contribution in [-0.4, -0.2) is 30.5 Å². The molecule has 0 aliphatic carbocycles. The van der Waals surface area contributed by atoms with Crippen molar-refractivity contribution in [2.75, 3.05) is 19.4 Å². The zero-order chi connectivity index (χ0) is 14.7. The van der Waals surface area contributed by atoms with Crippen molar-refractivity contribution in [2.45, 2.75) is 32.4 Å². The van der Waals surface area contributed by atoms with Crippen LogP contribution >= 0.6 is 0 Å². The van der Waals surface area contributed by atoms with E-state index in [1.165, 1.54) is 0 Å². The predicted octanol–water partition coefficient (Wildman–Crippen LogP) is 1.36. The molecule has 1 aromatic rings. The van der Waals surface area contributed by atoms with Crippen molar-refractivity contribution in [3.8, 4) is 5.75 Å². The quantitative estimate of drug-likeness (QED) is 0.814. The number of carbonyl (C=O) groups is 1. The average molecular weight is 277 g/mol. The largest absolute Gasteiger partial charge is 0.496 e. The van der Waals surface area contributed by atoms with Gasteiger partial charge in [0.05, 0.1) is 13.0 Å². The molecule has 1 aliphatic heterocycles. The van der Waals surface area contributed by atoms with Gasteiger partial charge in [0.25, 0.3) is 0 Å². The molecule has 5 heteroatoms. The first kappa shape index (κ1) is 14.7. The fourth-order valence-corrected chi connectivity index (χ4v) is 2.74. The number of hydrogen-bond donors (Lipinski definition) is 2. The zero-order valence-corrected chi connectivity index (χ0v) is 12.1. The van der Waals surface area contributed by atoms with Gasteiger partial charge in [0, 0.05) is 36.4 Å². The summed E-state index contributed by atoms with van der Waals surface area (Å²) in [6.45, 7) is 3.64. The van der Waals surface area contributed by atoms with Crippen molar-refractivity contribution in [1.82, 2.24) is 4.90 Å². The number of piperidine rings is 1. The van der Waals surface area contributed by atoms with E-state index in [1.807, 2.05) is 18.2 Å². The molecule has 0 aromatic heterocycles. The second-order valence-electron chi connectivity index (χ2n) is 5.53. The number of nitrogen functional groups attached to an aromatic ring is 1. The molecule has 0 saturated carbocycles. The summed E-state index contributed by atoms with van der Waals surface area (Å²) in [7, 11) is 1.64. The number of carbonyl (C=O) groups excluding carboxylic acids is 1. The topological polar surface area (TPSA) is 81.6 Å². The summed E-state index contributed by atoms with van der Waals surface area (Å²) in [4.78, 5) is 13.7. The minimum atomic E-state index is -0.203. The Morgan fingerprint density at radius 2 is 2.20 bits per heavy atom. The molecule has 20 heavy (non-hydrogen) atoms. The van der Waals surface area contributed by atoms with Gasteiger partial charge in [0.2, 0.25) is 5.91 Å². The van der Waals surface area contributed by atoms with Gasteiger partial charge in [-0.2, -0.15) is 0 Å². The highest BCUT2D eigenvalue weighted by Crippen LogP contribution is 2.28. The summed E-state index contributed by atoms with van der Waals surface area (Å²) in [5.74, 6) is 0.538. The Bertz CT molecular complexity index is 490. The second kappa shape index (κ2) is 6.13. The van der Waals surface area contributed by atoms with Crippen molar-refractivity contribution in [3.63, 3.8) is 0 Å². The van der Waals surface area contributed by atoms with E-state index >= 15 is 0 Å². The molecule has 0 spiro atoms. The van der Waals surface area contributed by atoms with Crippen LogP contribution < -0.4 is 16.2 Å². The number of rotatable bonds is 4.